The fraction of sp³-hybridized carbons (Fsp3) is 0.500. The Hall–Kier alpha value is -1.61. The zero-order valence-electron chi connectivity index (χ0n) is 12.8. The quantitative estimate of drug-likeness (QED) is 0.916. The van der Waals surface area contributed by atoms with Gasteiger partial charge in [0.25, 0.3) is 0 Å². The summed E-state index contributed by atoms with van der Waals surface area (Å²) in [6, 6.07) is 8.59. The molecule has 3 heteroatoms. The normalized spacial score (nSPS) is 17.8. The summed E-state index contributed by atoms with van der Waals surface area (Å²) in [6.45, 7) is 3.08. The van der Waals surface area contributed by atoms with Crippen LogP contribution in [0, 0.1) is 5.92 Å². The van der Waals surface area contributed by atoms with E-state index in [-0.39, 0.29) is 6.04 Å². The number of nitrogens with zero attached hydrogens (tertiary/aromatic N) is 2. The largest absolute Gasteiger partial charge is 0.324 e. The predicted molar refractivity (Wildman–Crippen MR) is 86.8 cm³/mol. The molecule has 0 radical (unpaired) electrons. The van der Waals surface area contributed by atoms with Crippen LogP contribution in [0.5, 0.6) is 0 Å². The molecule has 1 atom stereocenters. The molecule has 3 nitrogen and oxygen atoms in total. The molecule has 0 amide bonds. The molecular formula is C18H25N3. The second kappa shape index (κ2) is 6.44. The van der Waals surface area contributed by atoms with Crippen LogP contribution < -0.4 is 5.73 Å². The van der Waals surface area contributed by atoms with Crippen LogP contribution in [0.2, 0.25) is 0 Å². The van der Waals surface area contributed by atoms with E-state index in [1.54, 1.807) is 0 Å². The Balaban J connectivity index is 1.69. The topological polar surface area (TPSA) is 43.8 Å². The van der Waals surface area contributed by atoms with Crippen LogP contribution in [0.3, 0.4) is 0 Å². The Morgan fingerprint density at radius 2 is 1.86 bits per heavy atom. The lowest BCUT2D eigenvalue weighted by atomic mass is 9.89. The molecule has 2 aromatic rings. The minimum absolute atomic E-state index is 0.0908. The zero-order valence-corrected chi connectivity index (χ0v) is 12.8. The molecule has 21 heavy (non-hydrogen) atoms. The monoisotopic (exact) mass is 283 g/mol. The minimum Gasteiger partial charge on any atom is -0.324 e. The van der Waals surface area contributed by atoms with Crippen LogP contribution in [0.25, 0.3) is 11.1 Å². The maximum absolute atomic E-state index is 5.89. The third-order valence-corrected chi connectivity index (χ3v) is 4.57. The van der Waals surface area contributed by atoms with Crippen LogP contribution in [0.15, 0.2) is 36.7 Å². The molecule has 2 N–H and O–H groups in total. The zero-order chi connectivity index (χ0) is 14.7. The number of rotatable bonds is 4. The molecule has 1 heterocycles. The van der Waals surface area contributed by atoms with Crippen molar-refractivity contribution in [3.63, 3.8) is 0 Å². The molecule has 112 valence electrons. The molecule has 1 fully saturated rings. The van der Waals surface area contributed by atoms with Crippen LogP contribution in [0.1, 0.15) is 50.6 Å². The fourth-order valence-corrected chi connectivity index (χ4v) is 3.23. The van der Waals surface area contributed by atoms with E-state index < -0.39 is 0 Å². The van der Waals surface area contributed by atoms with Crippen molar-refractivity contribution in [3.8, 4) is 11.1 Å². The Morgan fingerprint density at radius 1 is 1.14 bits per heavy atom. The number of nitrogens with two attached hydrogens (primary N) is 1. The molecule has 0 aliphatic heterocycles. The van der Waals surface area contributed by atoms with E-state index in [2.05, 4.69) is 40.2 Å². The van der Waals surface area contributed by atoms with Crippen molar-refractivity contribution in [1.29, 1.82) is 0 Å². The van der Waals surface area contributed by atoms with Gasteiger partial charge in [-0.2, -0.15) is 5.10 Å². The summed E-state index contributed by atoms with van der Waals surface area (Å²) in [7, 11) is 0. The van der Waals surface area contributed by atoms with Crippen molar-refractivity contribution in [2.24, 2.45) is 11.7 Å². The first kappa shape index (κ1) is 14.3. The molecule has 0 spiro atoms. The van der Waals surface area contributed by atoms with Gasteiger partial charge in [-0.3, -0.25) is 4.68 Å². The van der Waals surface area contributed by atoms with Crippen molar-refractivity contribution in [2.45, 2.75) is 51.6 Å². The average molecular weight is 283 g/mol. The number of hydrogen-bond donors (Lipinski definition) is 1. The summed E-state index contributed by atoms with van der Waals surface area (Å²) in [5, 5.41) is 4.54. The maximum Gasteiger partial charge on any atom is 0.0568 e. The summed E-state index contributed by atoms with van der Waals surface area (Å²) in [4.78, 5) is 0. The van der Waals surface area contributed by atoms with Gasteiger partial charge in [-0.05, 0) is 36.8 Å². The van der Waals surface area contributed by atoms with Crippen LogP contribution in [0.4, 0.5) is 0 Å². The fourth-order valence-electron chi connectivity index (χ4n) is 3.23. The predicted octanol–water partition coefficient (Wildman–Crippen LogP) is 4.15. The number of aromatic nitrogens is 2. The minimum atomic E-state index is 0.0908. The maximum atomic E-state index is 5.89. The van der Waals surface area contributed by atoms with Gasteiger partial charge in [0.2, 0.25) is 0 Å². The van der Waals surface area contributed by atoms with Gasteiger partial charge in [0.15, 0.2) is 0 Å². The summed E-state index contributed by atoms with van der Waals surface area (Å²) >= 11 is 0. The SMILES string of the molecule is C[C@H](N)c1ccc(-c2cnn(CC3CCCCC3)c2)cc1. The van der Waals surface area contributed by atoms with Gasteiger partial charge in [-0.25, -0.2) is 0 Å². The first-order valence-electron chi connectivity index (χ1n) is 8.11. The molecule has 0 saturated heterocycles. The van der Waals surface area contributed by atoms with E-state index in [0.29, 0.717) is 0 Å². The second-order valence-electron chi connectivity index (χ2n) is 6.37. The molecule has 3 rings (SSSR count). The smallest absolute Gasteiger partial charge is 0.0568 e. The Labute approximate surface area is 127 Å². The number of benzene rings is 1. The molecule has 1 aromatic carbocycles. The third-order valence-electron chi connectivity index (χ3n) is 4.57. The van der Waals surface area contributed by atoms with E-state index >= 15 is 0 Å². The van der Waals surface area contributed by atoms with Gasteiger partial charge >= 0.3 is 0 Å². The highest BCUT2D eigenvalue weighted by Crippen LogP contribution is 2.26. The molecular weight excluding hydrogens is 258 g/mol. The third kappa shape index (κ3) is 3.53. The lowest BCUT2D eigenvalue weighted by molar-refractivity contribution is 0.308. The standard InChI is InChI=1S/C18H25N3/c1-14(19)16-7-9-17(10-8-16)18-11-20-21(13-18)12-15-5-3-2-4-6-15/h7-11,13-15H,2-6,12,19H2,1H3/t14-/m0/s1. The summed E-state index contributed by atoms with van der Waals surface area (Å²) in [5.41, 5.74) is 9.48. The van der Waals surface area contributed by atoms with Crippen LogP contribution in [-0.2, 0) is 6.54 Å². The average Bonchev–Trinajstić information content (AvgIpc) is 2.97. The molecule has 1 aliphatic rings. The van der Waals surface area contributed by atoms with E-state index in [0.717, 1.165) is 12.5 Å². The van der Waals surface area contributed by atoms with Gasteiger partial charge in [0.05, 0.1) is 6.20 Å². The van der Waals surface area contributed by atoms with Crippen molar-refractivity contribution in [3.05, 3.63) is 42.2 Å². The lowest BCUT2D eigenvalue weighted by Crippen LogP contribution is -2.14. The Bertz CT molecular complexity index is 562. The van der Waals surface area contributed by atoms with Gasteiger partial charge in [0.1, 0.15) is 0 Å². The van der Waals surface area contributed by atoms with Gasteiger partial charge in [-0.15, -0.1) is 0 Å². The van der Waals surface area contributed by atoms with Crippen LogP contribution in [-0.4, -0.2) is 9.78 Å². The lowest BCUT2D eigenvalue weighted by Gasteiger charge is -2.21. The Morgan fingerprint density at radius 3 is 2.52 bits per heavy atom. The molecule has 1 aliphatic carbocycles. The number of hydrogen-bond acceptors (Lipinski definition) is 2. The highest BCUT2D eigenvalue weighted by molar-refractivity contribution is 5.62. The highest BCUT2D eigenvalue weighted by Gasteiger charge is 2.14. The molecule has 1 aromatic heterocycles. The highest BCUT2D eigenvalue weighted by atomic mass is 15.3. The van der Waals surface area contributed by atoms with E-state index in [1.807, 2.05) is 13.1 Å². The first-order chi connectivity index (χ1) is 10.2. The Kier molecular flexibility index (Phi) is 4.39. The van der Waals surface area contributed by atoms with Crippen molar-refractivity contribution in [2.75, 3.05) is 0 Å². The summed E-state index contributed by atoms with van der Waals surface area (Å²) < 4.78 is 2.12. The van der Waals surface area contributed by atoms with Crippen molar-refractivity contribution in [1.82, 2.24) is 9.78 Å². The van der Waals surface area contributed by atoms with E-state index in [1.165, 1.54) is 48.8 Å². The first-order valence-corrected chi connectivity index (χ1v) is 8.11. The molecule has 1 saturated carbocycles. The van der Waals surface area contributed by atoms with E-state index in [4.69, 9.17) is 5.73 Å². The van der Waals surface area contributed by atoms with Gasteiger partial charge in [-0.1, -0.05) is 43.5 Å². The summed E-state index contributed by atoms with van der Waals surface area (Å²) in [6.07, 6.45) is 11.1. The van der Waals surface area contributed by atoms with Crippen molar-refractivity contribution >= 4 is 0 Å². The molecule has 0 bridgehead atoms. The van der Waals surface area contributed by atoms with Gasteiger partial charge < -0.3 is 5.73 Å². The van der Waals surface area contributed by atoms with E-state index in [9.17, 15) is 0 Å². The van der Waals surface area contributed by atoms with Crippen LogP contribution >= 0.6 is 0 Å². The second-order valence-corrected chi connectivity index (χ2v) is 6.37. The summed E-state index contributed by atoms with van der Waals surface area (Å²) in [5.74, 6) is 0.812. The van der Waals surface area contributed by atoms with Gasteiger partial charge in [0, 0.05) is 24.3 Å². The van der Waals surface area contributed by atoms with Crippen molar-refractivity contribution < 1.29 is 0 Å². The molecule has 0 unspecified atom stereocenters.